The Kier molecular flexibility index (Phi) is 4.80. The van der Waals surface area contributed by atoms with Gasteiger partial charge in [0.1, 0.15) is 10.8 Å². The van der Waals surface area contributed by atoms with E-state index in [1.807, 2.05) is 56.1 Å². The summed E-state index contributed by atoms with van der Waals surface area (Å²) in [6.07, 6.45) is 0. The molecule has 0 unspecified atom stereocenters. The highest BCUT2D eigenvalue weighted by Crippen LogP contribution is 2.23. The van der Waals surface area contributed by atoms with Crippen molar-refractivity contribution in [3.05, 3.63) is 57.7 Å². The van der Waals surface area contributed by atoms with Gasteiger partial charge in [-0.15, -0.1) is 0 Å². The van der Waals surface area contributed by atoms with Crippen molar-refractivity contribution >= 4 is 34.6 Å². The highest BCUT2D eigenvalue weighted by atomic mass is 35.5. The fourth-order valence-electron chi connectivity index (χ4n) is 2.38. The summed E-state index contributed by atoms with van der Waals surface area (Å²) in [5, 5.41) is 0.726. The number of anilines is 1. The normalized spacial score (nSPS) is 10.5. The van der Waals surface area contributed by atoms with Crippen LogP contribution in [-0.4, -0.2) is 17.0 Å². The third kappa shape index (κ3) is 3.71. The summed E-state index contributed by atoms with van der Waals surface area (Å²) in [7, 11) is 1.98. The Morgan fingerprint density at radius 2 is 2.05 bits per heavy atom. The Morgan fingerprint density at radius 3 is 2.67 bits per heavy atom. The summed E-state index contributed by atoms with van der Waals surface area (Å²) in [5.41, 5.74) is 9.80. The van der Waals surface area contributed by atoms with Crippen molar-refractivity contribution in [3.63, 3.8) is 0 Å². The topological polar surface area (TPSA) is 42.1 Å². The van der Waals surface area contributed by atoms with Crippen LogP contribution in [0, 0.1) is 13.8 Å². The SMILES string of the molecule is Cc1cc(C)c(C(N)=S)c(N(C)Cc2cccc(Cl)c2)n1. The molecule has 1 aromatic carbocycles. The number of benzene rings is 1. The number of nitrogens with zero attached hydrogens (tertiary/aromatic N) is 2. The molecule has 0 saturated heterocycles. The number of pyridine rings is 1. The number of hydrogen-bond acceptors (Lipinski definition) is 3. The van der Waals surface area contributed by atoms with Gasteiger partial charge in [-0.2, -0.15) is 0 Å². The van der Waals surface area contributed by atoms with Crippen LogP contribution in [0.2, 0.25) is 5.02 Å². The van der Waals surface area contributed by atoms with E-state index in [0.29, 0.717) is 11.5 Å². The third-order valence-corrected chi connectivity index (χ3v) is 3.68. The highest BCUT2D eigenvalue weighted by Gasteiger charge is 2.15. The fourth-order valence-corrected chi connectivity index (χ4v) is 2.85. The molecule has 1 heterocycles. The lowest BCUT2D eigenvalue weighted by atomic mass is 10.1. The first-order valence-corrected chi connectivity index (χ1v) is 7.40. The minimum Gasteiger partial charge on any atom is -0.389 e. The number of hydrogen-bond donors (Lipinski definition) is 1. The lowest BCUT2D eigenvalue weighted by molar-refractivity contribution is 0.888. The Morgan fingerprint density at radius 1 is 1.33 bits per heavy atom. The lowest BCUT2D eigenvalue weighted by Crippen LogP contribution is -2.24. The number of halogens is 1. The van der Waals surface area contributed by atoms with Crippen LogP contribution < -0.4 is 10.6 Å². The van der Waals surface area contributed by atoms with Crippen molar-refractivity contribution in [2.75, 3.05) is 11.9 Å². The van der Waals surface area contributed by atoms with Crippen LogP contribution in [0.25, 0.3) is 0 Å². The maximum Gasteiger partial charge on any atom is 0.139 e. The summed E-state index contributed by atoms with van der Waals surface area (Å²) in [5.74, 6) is 0.806. The second-order valence-electron chi connectivity index (χ2n) is 5.13. The number of nitrogens with two attached hydrogens (primary N) is 1. The average molecular weight is 320 g/mol. The molecule has 3 nitrogen and oxygen atoms in total. The van der Waals surface area contributed by atoms with Crippen molar-refractivity contribution in [2.45, 2.75) is 20.4 Å². The standard InChI is InChI=1S/C16H18ClN3S/c1-10-7-11(2)19-16(14(10)15(18)21)20(3)9-12-5-4-6-13(17)8-12/h4-8H,9H2,1-3H3,(H2,18,21). The molecule has 5 heteroatoms. The van der Waals surface area contributed by atoms with Gasteiger partial charge in [-0.1, -0.05) is 36.0 Å². The smallest absolute Gasteiger partial charge is 0.139 e. The largest absolute Gasteiger partial charge is 0.389 e. The minimum absolute atomic E-state index is 0.368. The van der Waals surface area contributed by atoms with E-state index in [2.05, 4.69) is 4.98 Å². The van der Waals surface area contributed by atoms with Crippen LogP contribution in [0.4, 0.5) is 5.82 Å². The first kappa shape index (κ1) is 15.7. The van der Waals surface area contributed by atoms with Gasteiger partial charge in [-0.05, 0) is 43.2 Å². The Bertz CT molecular complexity index is 685. The Labute approximate surface area is 135 Å². The van der Waals surface area contributed by atoms with Crippen molar-refractivity contribution in [3.8, 4) is 0 Å². The molecule has 2 aromatic rings. The van der Waals surface area contributed by atoms with Gasteiger partial charge in [0.15, 0.2) is 0 Å². The number of rotatable bonds is 4. The van der Waals surface area contributed by atoms with Crippen molar-refractivity contribution in [2.24, 2.45) is 5.73 Å². The van der Waals surface area contributed by atoms with Gasteiger partial charge in [-0.3, -0.25) is 0 Å². The molecule has 0 amide bonds. The Hall–Kier alpha value is -1.65. The molecule has 21 heavy (non-hydrogen) atoms. The molecule has 1 aromatic heterocycles. The molecule has 0 aliphatic rings. The van der Waals surface area contributed by atoms with Gasteiger partial charge >= 0.3 is 0 Å². The summed E-state index contributed by atoms with van der Waals surface area (Å²) in [4.78, 5) is 7.01. The number of thiocarbonyl (C=S) groups is 1. The zero-order valence-corrected chi connectivity index (χ0v) is 13.9. The molecule has 2 N–H and O–H groups in total. The first-order chi connectivity index (χ1) is 9.88. The predicted molar refractivity (Wildman–Crippen MR) is 93.2 cm³/mol. The predicted octanol–water partition coefficient (Wildman–Crippen LogP) is 3.62. The van der Waals surface area contributed by atoms with Gasteiger partial charge in [0, 0.05) is 24.3 Å². The molecule has 0 atom stereocenters. The van der Waals surface area contributed by atoms with E-state index in [4.69, 9.17) is 29.6 Å². The molecular formula is C16H18ClN3S. The molecule has 0 fully saturated rings. The van der Waals surface area contributed by atoms with Crippen molar-refractivity contribution in [1.29, 1.82) is 0 Å². The van der Waals surface area contributed by atoms with Crippen molar-refractivity contribution < 1.29 is 0 Å². The van der Waals surface area contributed by atoms with Gasteiger partial charge in [0.05, 0.1) is 5.56 Å². The van der Waals surface area contributed by atoms with E-state index in [-0.39, 0.29) is 0 Å². The first-order valence-electron chi connectivity index (χ1n) is 6.62. The van der Waals surface area contributed by atoms with Crippen LogP contribution in [0.15, 0.2) is 30.3 Å². The summed E-state index contributed by atoms with van der Waals surface area (Å²) >= 11 is 11.2. The summed E-state index contributed by atoms with van der Waals surface area (Å²) < 4.78 is 0. The number of aromatic nitrogens is 1. The van der Waals surface area contributed by atoms with Crippen LogP contribution in [0.5, 0.6) is 0 Å². The lowest BCUT2D eigenvalue weighted by Gasteiger charge is -2.23. The van der Waals surface area contributed by atoms with Crippen LogP contribution in [0.3, 0.4) is 0 Å². The third-order valence-electron chi connectivity index (χ3n) is 3.24. The molecule has 2 rings (SSSR count). The second kappa shape index (κ2) is 6.41. The van der Waals surface area contributed by atoms with E-state index < -0.39 is 0 Å². The molecule has 0 aliphatic carbocycles. The molecular weight excluding hydrogens is 302 g/mol. The van der Waals surface area contributed by atoms with E-state index in [0.717, 1.165) is 33.2 Å². The maximum atomic E-state index is 6.03. The van der Waals surface area contributed by atoms with Crippen LogP contribution in [-0.2, 0) is 6.54 Å². The van der Waals surface area contributed by atoms with Crippen LogP contribution in [0.1, 0.15) is 22.4 Å². The van der Waals surface area contributed by atoms with Gasteiger partial charge in [-0.25, -0.2) is 4.98 Å². The molecule has 110 valence electrons. The van der Waals surface area contributed by atoms with Gasteiger partial charge < -0.3 is 10.6 Å². The molecule has 0 spiro atoms. The van der Waals surface area contributed by atoms with E-state index >= 15 is 0 Å². The molecule has 0 saturated carbocycles. The molecule has 0 bridgehead atoms. The quantitative estimate of drug-likeness (QED) is 0.874. The molecule has 0 radical (unpaired) electrons. The monoisotopic (exact) mass is 319 g/mol. The maximum absolute atomic E-state index is 6.03. The fraction of sp³-hybridized carbons (Fsp3) is 0.250. The van der Waals surface area contributed by atoms with E-state index in [1.54, 1.807) is 0 Å². The zero-order chi connectivity index (χ0) is 15.6. The zero-order valence-electron chi connectivity index (χ0n) is 12.4. The summed E-state index contributed by atoms with van der Waals surface area (Å²) in [6, 6.07) is 9.77. The number of aryl methyl sites for hydroxylation is 2. The van der Waals surface area contributed by atoms with E-state index in [9.17, 15) is 0 Å². The van der Waals surface area contributed by atoms with E-state index in [1.165, 1.54) is 0 Å². The van der Waals surface area contributed by atoms with Gasteiger partial charge in [0.2, 0.25) is 0 Å². The Balaban J connectivity index is 2.39. The van der Waals surface area contributed by atoms with Crippen molar-refractivity contribution in [1.82, 2.24) is 4.98 Å². The average Bonchev–Trinajstić information content (AvgIpc) is 2.37. The van der Waals surface area contributed by atoms with Crippen LogP contribution >= 0.6 is 23.8 Å². The highest BCUT2D eigenvalue weighted by molar-refractivity contribution is 7.80. The van der Waals surface area contributed by atoms with Gasteiger partial charge in [0.25, 0.3) is 0 Å². The summed E-state index contributed by atoms with van der Waals surface area (Å²) in [6.45, 7) is 4.65. The minimum atomic E-state index is 0.368. The molecule has 0 aliphatic heterocycles. The second-order valence-corrected chi connectivity index (χ2v) is 6.01.